The van der Waals surface area contributed by atoms with Crippen molar-refractivity contribution in [2.75, 3.05) is 4.90 Å². The van der Waals surface area contributed by atoms with Crippen LogP contribution >= 0.6 is 0 Å². The van der Waals surface area contributed by atoms with Crippen molar-refractivity contribution < 1.29 is 0 Å². The fourth-order valence-corrected chi connectivity index (χ4v) is 9.66. The second kappa shape index (κ2) is 10.5. The molecule has 7 aliphatic rings. The second-order valence-corrected chi connectivity index (χ2v) is 13.3. The average Bonchev–Trinajstić information content (AvgIpc) is 3.57. The summed E-state index contributed by atoms with van der Waals surface area (Å²) in [6.07, 6.45) is 33.8. The first-order chi connectivity index (χ1) is 21.2. The van der Waals surface area contributed by atoms with E-state index in [0.29, 0.717) is 59.3 Å². The summed E-state index contributed by atoms with van der Waals surface area (Å²) in [5.74, 6) is 2.51. The molecular weight excluding hydrogens is 524 g/mol. The Balaban J connectivity index is 1.19. The molecule has 1 fully saturated rings. The van der Waals surface area contributed by atoms with E-state index in [1.54, 1.807) is 0 Å². The molecule has 0 saturated carbocycles. The van der Waals surface area contributed by atoms with E-state index in [1.807, 2.05) is 12.1 Å². The monoisotopic (exact) mass is 562 g/mol. The van der Waals surface area contributed by atoms with Crippen LogP contribution in [-0.4, -0.2) is 29.1 Å². The van der Waals surface area contributed by atoms with Gasteiger partial charge in [-0.2, -0.15) is 10.5 Å². The number of allylic oxidation sites excluding steroid dienone is 8. The van der Waals surface area contributed by atoms with Crippen LogP contribution in [0.2, 0.25) is 0 Å². The van der Waals surface area contributed by atoms with Crippen LogP contribution in [0.15, 0.2) is 120 Å². The van der Waals surface area contributed by atoms with E-state index in [9.17, 15) is 10.5 Å². The van der Waals surface area contributed by atoms with Crippen LogP contribution < -0.4 is 4.90 Å². The number of hydrogen-bond donors (Lipinski definition) is 0. The number of nitrogens with zero attached hydrogens (tertiary/aromatic N) is 4. The lowest BCUT2D eigenvalue weighted by molar-refractivity contribution is 0.0717. The van der Waals surface area contributed by atoms with Gasteiger partial charge in [0.2, 0.25) is 0 Å². The van der Waals surface area contributed by atoms with Gasteiger partial charge in [-0.25, -0.2) is 0 Å². The SMILES string of the molecule is CC1C=CC2C(C3C=CC=CC3N2c2ccc(C#N)cc2)C1C1CCC=CC1N1C2=C(CCC=C2)C2=CC(C#N)=CCC21. The summed E-state index contributed by atoms with van der Waals surface area (Å²) >= 11 is 0. The van der Waals surface area contributed by atoms with Crippen molar-refractivity contribution in [2.45, 2.75) is 63.2 Å². The Morgan fingerprint density at radius 1 is 0.814 bits per heavy atom. The quantitative estimate of drug-likeness (QED) is 0.354. The number of rotatable bonds is 3. The van der Waals surface area contributed by atoms with Gasteiger partial charge < -0.3 is 9.80 Å². The third-order valence-corrected chi connectivity index (χ3v) is 11.3. The third kappa shape index (κ3) is 4.07. The lowest BCUT2D eigenvalue weighted by Crippen LogP contribution is -2.51. The van der Waals surface area contributed by atoms with Crippen molar-refractivity contribution in [3.8, 4) is 12.1 Å². The molecule has 0 radical (unpaired) electrons. The van der Waals surface area contributed by atoms with E-state index >= 15 is 0 Å². The molecule has 5 aliphatic carbocycles. The van der Waals surface area contributed by atoms with E-state index in [0.717, 1.165) is 31.3 Å². The van der Waals surface area contributed by atoms with Crippen LogP contribution in [-0.2, 0) is 0 Å². The number of hydrogen-bond acceptors (Lipinski definition) is 4. The lowest BCUT2D eigenvalue weighted by Gasteiger charge is -2.49. The van der Waals surface area contributed by atoms with Crippen molar-refractivity contribution in [1.29, 1.82) is 10.5 Å². The normalized spacial score (nSPS) is 36.8. The molecule has 0 aromatic heterocycles. The average molecular weight is 563 g/mol. The zero-order valence-corrected chi connectivity index (χ0v) is 24.8. The van der Waals surface area contributed by atoms with Gasteiger partial charge in [-0.1, -0.05) is 67.7 Å². The molecule has 0 spiro atoms. The molecule has 9 unspecified atom stereocenters. The number of benzene rings is 1. The van der Waals surface area contributed by atoms with Crippen LogP contribution in [0.3, 0.4) is 0 Å². The fourth-order valence-electron chi connectivity index (χ4n) is 9.66. The molecule has 4 heteroatoms. The number of nitriles is 2. The van der Waals surface area contributed by atoms with Gasteiger partial charge >= 0.3 is 0 Å². The molecule has 8 rings (SSSR count). The van der Waals surface area contributed by atoms with Gasteiger partial charge in [0.25, 0.3) is 0 Å². The first kappa shape index (κ1) is 26.4. The van der Waals surface area contributed by atoms with Crippen LogP contribution in [0, 0.1) is 52.3 Å². The molecule has 4 nitrogen and oxygen atoms in total. The van der Waals surface area contributed by atoms with Crippen LogP contribution in [0.5, 0.6) is 0 Å². The molecule has 43 heavy (non-hydrogen) atoms. The first-order valence-corrected chi connectivity index (χ1v) is 16.2. The van der Waals surface area contributed by atoms with Crippen molar-refractivity contribution in [3.63, 3.8) is 0 Å². The summed E-state index contributed by atoms with van der Waals surface area (Å²) in [5, 5.41) is 19.2. The Morgan fingerprint density at radius 3 is 2.51 bits per heavy atom. The molecule has 2 aliphatic heterocycles. The zero-order chi connectivity index (χ0) is 29.1. The maximum absolute atomic E-state index is 9.72. The highest BCUT2D eigenvalue weighted by atomic mass is 15.2. The summed E-state index contributed by atoms with van der Waals surface area (Å²) in [6.45, 7) is 2.46. The summed E-state index contributed by atoms with van der Waals surface area (Å²) in [6, 6.07) is 14.2. The standard InChI is InChI=1S/C39H38N4/c1-25-14-20-37-39(31-10-4-6-12-34(31)42(37)28-18-15-26(23-40)16-19-28)38(25)30-9-3-7-13-35(30)43-33-11-5-2-8-29(33)32-22-27(24-41)17-21-36(32)43/h4-7,10-20,22,25,30-31,34-39H,2-3,8-9,21H2,1H3. The van der Waals surface area contributed by atoms with Crippen molar-refractivity contribution >= 4 is 5.69 Å². The third-order valence-electron chi connectivity index (χ3n) is 11.3. The zero-order valence-electron chi connectivity index (χ0n) is 24.8. The molecule has 1 saturated heterocycles. The molecule has 214 valence electrons. The van der Waals surface area contributed by atoms with Crippen molar-refractivity contribution in [1.82, 2.24) is 4.90 Å². The van der Waals surface area contributed by atoms with Gasteiger partial charge in [0.15, 0.2) is 0 Å². The highest BCUT2D eigenvalue weighted by Gasteiger charge is 2.55. The largest absolute Gasteiger partial charge is 0.358 e. The summed E-state index contributed by atoms with van der Waals surface area (Å²) < 4.78 is 0. The second-order valence-electron chi connectivity index (χ2n) is 13.3. The topological polar surface area (TPSA) is 54.1 Å². The number of fused-ring (bicyclic) bond motifs is 5. The summed E-state index contributed by atoms with van der Waals surface area (Å²) in [4.78, 5) is 5.40. The molecule has 1 aromatic rings. The van der Waals surface area contributed by atoms with E-state index in [2.05, 4.69) is 114 Å². The van der Waals surface area contributed by atoms with Crippen LogP contribution in [0.1, 0.15) is 44.6 Å². The molecule has 1 aromatic carbocycles. The van der Waals surface area contributed by atoms with E-state index in [1.165, 1.54) is 29.0 Å². The predicted molar refractivity (Wildman–Crippen MR) is 171 cm³/mol. The van der Waals surface area contributed by atoms with E-state index in [4.69, 9.17) is 0 Å². The van der Waals surface area contributed by atoms with Gasteiger partial charge in [-0.15, -0.1) is 0 Å². The Labute approximate surface area is 255 Å². The van der Waals surface area contributed by atoms with Crippen LogP contribution in [0.25, 0.3) is 0 Å². The minimum atomic E-state index is 0.313. The maximum Gasteiger partial charge on any atom is 0.0991 e. The lowest BCUT2D eigenvalue weighted by atomic mass is 9.60. The summed E-state index contributed by atoms with van der Waals surface area (Å²) in [5.41, 5.74) is 6.99. The minimum Gasteiger partial charge on any atom is -0.358 e. The van der Waals surface area contributed by atoms with Crippen molar-refractivity contribution in [2.24, 2.45) is 29.6 Å². The Hall–Kier alpha value is -4.28. The number of anilines is 1. The molecular formula is C39H38N4. The van der Waals surface area contributed by atoms with Gasteiger partial charge in [0.05, 0.1) is 41.9 Å². The van der Waals surface area contributed by atoms with Gasteiger partial charge in [0.1, 0.15) is 0 Å². The molecule has 0 amide bonds. The highest BCUT2D eigenvalue weighted by molar-refractivity contribution is 5.59. The molecule has 0 N–H and O–H groups in total. The van der Waals surface area contributed by atoms with Gasteiger partial charge in [0, 0.05) is 22.9 Å². The first-order valence-electron chi connectivity index (χ1n) is 16.2. The Kier molecular flexibility index (Phi) is 6.41. The van der Waals surface area contributed by atoms with Gasteiger partial charge in [-0.3, -0.25) is 0 Å². The smallest absolute Gasteiger partial charge is 0.0991 e. The van der Waals surface area contributed by atoms with E-state index < -0.39 is 0 Å². The minimum absolute atomic E-state index is 0.313. The Morgan fingerprint density at radius 2 is 1.67 bits per heavy atom. The maximum atomic E-state index is 9.72. The van der Waals surface area contributed by atoms with Crippen molar-refractivity contribution in [3.05, 3.63) is 125 Å². The fraction of sp³-hybridized carbons (Fsp3) is 0.385. The predicted octanol–water partition coefficient (Wildman–Crippen LogP) is 7.70. The van der Waals surface area contributed by atoms with Crippen LogP contribution in [0.4, 0.5) is 5.69 Å². The molecule has 9 atom stereocenters. The summed E-state index contributed by atoms with van der Waals surface area (Å²) in [7, 11) is 0. The Bertz CT molecular complexity index is 1650. The molecule has 0 bridgehead atoms. The molecule has 2 heterocycles. The highest BCUT2D eigenvalue weighted by Crippen LogP contribution is 2.55. The van der Waals surface area contributed by atoms with Gasteiger partial charge in [-0.05, 0) is 103 Å². The van der Waals surface area contributed by atoms with E-state index in [-0.39, 0.29) is 0 Å².